The van der Waals surface area contributed by atoms with E-state index in [0.717, 1.165) is 36.1 Å². The molecule has 1 aromatic carbocycles. The molecule has 8 nitrogen and oxygen atoms in total. The maximum absolute atomic E-state index is 14.5. The minimum Gasteiger partial charge on any atom is -0.465 e. The third kappa shape index (κ3) is 4.00. The predicted molar refractivity (Wildman–Crippen MR) is 142 cm³/mol. The largest absolute Gasteiger partial charge is 0.465 e. The van der Waals surface area contributed by atoms with Crippen molar-refractivity contribution in [2.75, 3.05) is 31.2 Å². The van der Waals surface area contributed by atoms with Crippen LogP contribution in [0.5, 0.6) is 0 Å². The Labute approximate surface area is 224 Å². The summed E-state index contributed by atoms with van der Waals surface area (Å²) in [7, 11) is 0. The van der Waals surface area contributed by atoms with E-state index >= 15 is 0 Å². The van der Waals surface area contributed by atoms with Gasteiger partial charge in [-0.25, -0.2) is 0 Å². The van der Waals surface area contributed by atoms with Gasteiger partial charge >= 0.3 is 5.97 Å². The zero-order chi connectivity index (χ0) is 27.1. The highest BCUT2D eigenvalue weighted by Gasteiger charge is 2.75. The molecule has 1 unspecified atom stereocenters. The number of ether oxygens (including phenoxy) is 2. The maximum atomic E-state index is 14.5. The van der Waals surface area contributed by atoms with Crippen LogP contribution in [0.15, 0.2) is 42.5 Å². The van der Waals surface area contributed by atoms with Gasteiger partial charge in [0.05, 0.1) is 12.5 Å². The van der Waals surface area contributed by atoms with Crippen LogP contribution in [0.25, 0.3) is 0 Å². The number of fused-ring (bicyclic) bond motifs is 2. The molecule has 2 fully saturated rings. The Morgan fingerprint density at radius 3 is 2.50 bits per heavy atom. The van der Waals surface area contributed by atoms with Crippen LogP contribution in [0.4, 0.5) is 5.69 Å². The minimum absolute atomic E-state index is 0.118. The molecule has 1 aromatic rings. The Morgan fingerprint density at radius 2 is 1.79 bits per heavy atom. The third-order valence-corrected chi connectivity index (χ3v) is 8.65. The maximum Gasteiger partial charge on any atom is 0.313 e. The first kappa shape index (κ1) is 26.6. The number of carbonyl (C=O) groups is 3. The highest BCUT2D eigenvalue weighted by atomic mass is 16.6. The summed E-state index contributed by atoms with van der Waals surface area (Å²) >= 11 is 0. The SMILES string of the molecule is CC[C@@]12/C=C\CCCCOC(=O)[C@@H]1[C@H]1C(=O)N(CCCO)C3C(=O)N(c4c(C)cccc4C)CC=C[C@@]31O2. The molecule has 0 aromatic heterocycles. The van der Waals surface area contributed by atoms with Gasteiger partial charge in [0.25, 0.3) is 5.91 Å². The van der Waals surface area contributed by atoms with Gasteiger partial charge < -0.3 is 24.4 Å². The number of aliphatic hydroxyl groups is 1. The lowest BCUT2D eigenvalue weighted by atomic mass is 9.73. The van der Waals surface area contributed by atoms with Crippen LogP contribution in [-0.4, -0.2) is 71.3 Å². The number of anilines is 1. The van der Waals surface area contributed by atoms with Crippen LogP contribution in [0.3, 0.4) is 0 Å². The van der Waals surface area contributed by atoms with E-state index < -0.39 is 35.0 Å². The van der Waals surface area contributed by atoms with Crippen molar-refractivity contribution in [1.82, 2.24) is 4.90 Å². The number of hydrogen-bond acceptors (Lipinski definition) is 6. The molecule has 4 aliphatic rings. The van der Waals surface area contributed by atoms with Gasteiger partial charge in [0.1, 0.15) is 23.2 Å². The molecule has 0 radical (unpaired) electrons. The van der Waals surface area contributed by atoms with Gasteiger partial charge in [-0.1, -0.05) is 49.4 Å². The summed E-state index contributed by atoms with van der Waals surface area (Å²) in [5.74, 6) is -2.77. The quantitative estimate of drug-likeness (QED) is 0.471. The predicted octanol–water partition coefficient (Wildman–Crippen LogP) is 3.23. The number of hydrogen-bond donors (Lipinski definition) is 1. The molecule has 4 aliphatic heterocycles. The lowest BCUT2D eigenvalue weighted by Crippen LogP contribution is -2.56. The fraction of sp³-hybridized carbons (Fsp3) is 0.567. The van der Waals surface area contributed by atoms with Crippen molar-refractivity contribution in [1.29, 1.82) is 0 Å². The fourth-order valence-electron chi connectivity index (χ4n) is 6.95. The van der Waals surface area contributed by atoms with E-state index in [-0.39, 0.29) is 25.0 Å². The minimum atomic E-state index is -1.33. The van der Waals surface area contributed by atoms with E-state index in [1.165, 1.54) is 4.90 Å². The van der Waals surface area contributed by atoms with Crippen LogP contribution in [-0.2, 0) is 23.9 Å². The van der Waals surface area contributed by atoms with Gasteiger partial charge in [-0.05, 0) is 57.1 Å². The Kier molecular flexibility index (Phi) is 7.22. The Morgan fingerprint density at radius 1 is 1.03 bits per heavy atom. The van der Waals surface area contributed by atoms with Crippen molar-refractivity contribution in [2.24, 2.45) is 11.8 Å². The van der Waals surface area contributed by atoms with E-state index in [4.69, 9.17) is 9.47 Å². The average Bonchev–Trinajstić information content (AvgIpc) is 3.25. The number of benzene rings is 1. The summed E-state index contributed by atoms with van der Waals surface area (Å²) < 4.78 is 12.7. The lowest BCUT2D eigenvalue weighted by molar-refractivity contribution is -0.160. The molecule has 0 bridgehead atoms. The zero-order valence-corrected chi connectivity index (χ0v) is 22.5. The summed E-state index contributed by atoms with van der Waals surface area (Å²) in [5.41, 5.74) is 0.354. The molecule has 4 heterocycles. The smallest absolute Gasteiger partial charge is 0.313 e. The molecule has 1 spiro atoms. The van der Waals surface area contributed by atoms with E-state index in [9.17, 15) is 19.5 Å². The summed E-state index contributed by atoms with van der Waals surface area (Å²) in [6, 6.07) is 4.94. The first-order chi connectivity index (χ1) is 18.3. The van der Waals surface area contributed by atoms with Crippen LogP contribution in [0, 0.1) is 25.7 Å². The van der Waals surface area contributed by atoms with Crippen LogP contribution < -0.4 is 4.90 Å². The number of aliphatic hydroxyl groups excluding tert-OH is 1. The summed E-state index contributed by atoms with van der Waals surface area (Å²) in [6.07, 6.45) is 11.0. The molecular weight excluding hydrogens is 484 g/mol. The molecule has 0 aliphatic carbocycles. The number of para-hydroxylation sites is 1. The van der Waals surface area contributed by atoms with Crippen LogP contribution >= 0.6 is 0 Å². The molecule has 5 atom stereocenters. The number of allylic oxidation sites excluding steroid dienone is 1. The van der Waals surface area contributed by atoms with Gasteiger partial charge in [-0.15, -0.1) is 0 Å². The second-order valence-corrected chi connectivity index (χ2v) is 10.9. The Balaban J connectivity index is 1.67. The van der Waals surface area contributed by atoms with Crippen molar-refractivity contribution < 1.29 is 29.0 Å². The monoisotopic (exact) mass is 522 g/mol. The molecule has 2 amide bonds. The molecule has 204 valence electrons. The number of esters is 1. The molecule has 2 saturated heterocycles. The van der Waals surface area contributed by atoms with Crippen LogP contribution in [0.2, 0.25) is 0 Å². The number of aryl methyl sites for hydroxylation is 2. The number of rotatable bonds is 5. The van der Waals surface area contributed by atoms with Crippen molar-refractivity contribution in [3.05, 3.63) is 53.6 Å². The third-order valence-electron chi connectivity index (χ3n) is 8.65. The molecule has 0 saturated carbocycles. The first-order valence-corrected chi connectivity index (χ1v) is 13.8. The molecule has 5 rings (SSSR count). The van der Waals surface area contributed by atoms with Gasteiger partial charge in [0, 0.05) is 25.4 Å². The first-order valence-electron chi connectivity index (χ1n) is 13.8. The Hall–Kier alpha value is -2.97. The fourth-order valence-corrected chi connectivity index (χ4v) is 6.95. The van der Waals surface area contributed by atoms with E-state index in [2.05, 4.69) is 0 Å². The highest BCUT2D eigenvalue weighted by Crippen LogP contribution is 2.58. The number of carbonyl (C=O) groups excluding carboxylic acids is 3. The number of cyclic esters (lactones) is 1. The van der Waals surface area contributed by atoms with Crippen molar-refractivity contribution >= 4 is 23.5 Å². The van der Waals surface area contributed by atoms with Gasteiger partial charge in [0.2, 0.25) is 5.91 Å². The van der Waals surface area contributed by atoms with Crippen molar-refractivity contribution in [3.8, 4) is 0 Å². The summed E-state index contributed by atoms with van der Waals surface area (Å²) in [6.45, 7) is 6.58. The average molecular weight is 523 g/mol. The van der Waals surface area contributed by atoms with Gasteiger partial charge in [-0.3, -0.25) is 14.4 Å². The molecular formula is C30H38N2O6. The molecule has 38 heavy (non-hydrogen) atoms. The van der Waals surface area contributed by atoms with Gasteiger partial charge in [0.15, 0.2) is 0 Å². The number of likely N-dealkylation sites (tertiary alicyclic amines) is 1. The van der Waals surface area contributed by atoms with Crippen molar-refractivity contribution in [3.63, 3.8) is 0 Å². The zero-order valence-electron chi connectivity index (χ0n) is 22.5. The van der Waals surface area contributed by atoms with E-state index in [1.807, 2.05) is 63.3 Å². The normalized spacial score (nSPS) is 33.9. The summed E-state index contributed by atoms with van der Waals surface area (Å²) in [4.78, 5) is 45.7. The Bertz CT molecular complexity index is 1160. The topological polar surface area (TPSA) is 96.4 Å². The number of nitrogens with zero attached hydrogens (tertiary/aromatic N) is 2. The second kappa shape index (κ2) is 10.3. The van der Waals surface area contributed by atoms with E-state index in [1.54, 1.807) is 4.90 Å². The number of amides is 2. The lowest BCUT2D eigenvalue weighted by Gasteiger charge is -2.39. The molecule has 1 N–H and O–H groups in total. The van der Waals surface area contributed by atoms with E-state index in [0.29, 0.717) is 26.0 Å². The van der Waals surface area contributed by atoms with Gasteiger partial charge in [-0.2, -0.15) is 0 Å². The van der Waals surface area contributed by atoms with Crippen molar-refractivity contribution in [2.45, 2.75) is 70.1 Å². The molecule has 8 heteroatoms. The second-order valence-electron chi connectivity index (χ2n) is 10.9. The standard InChI is InChI=1S/C30H38N2O6/c1-4-29-14-7-5-6-8-19-37-28(36)23(29)22-26(34)32(17-11-18-33)25-27(35)31(16-10-15-30(22,25)38-29)24-20(2)12-9-13-21(24)3/h7,9-10,12-15,22-23,25,33H,4-6,8,11,16-19H2,1-3H3/b14-7-/t22-,23-,25?,29+,30-/m0/s1. The summed E-state index contributed by atoms with van der Waals surface area (Å²) in [5, 5.41) is 9.61. The van der Waals surface area contributed by atoms with Crippen LogP contribution in [0.1, 0.15) is 50.2 Å². The highest BCUT2D eigenvalue weighted by molar-refractivity contribution is 6.06.